The third-order valence-corrected chi connectivity index (χ3v) is 5.57. The highest BCUT2D eigenvalue weighted by Crippen LogP contribution is 2.45. The molecule has 0 saturated heterocycles. The third-order valence-electron chi connectivity index (χ3n) is 5.57. The van der Waals surface area contributed by atoms with Crippen LogP contribution in [-0.2, 0) is 6.42 Å². The summed E-state index contributed by atoms with van der Waals surface area (Å²) in [6.07, 6.45) is 1.42. The molecule has 6 heteroatoms. The van der Waals surface area contributed by atoms with Crippen LogP contribution in [0.15, 0.2) is 54.1 Å². The lowest BCUT2D eigenvalue weighted by Crippen LogP contribution is -2.26. The first-order chi connectivity index (χ1) is 14.0. The smallest absolute Gasteiger partial charge is 0.211 e. The predicted molar refractivity (Wildman–Crippen MR) is 112 cm³/mol. The Hall–Kier alpha value is -3.64. The highest BCUT2D eigenvalue weighted by atomic mass is 16.6. The highest BCUT2D eigenvalue weighted by molar-refractivity contribution is 5.80. The molecule has 0 bridgehead atoms. The van der Waals surface area contributed by atoms with Crippen molar-refractivity contribution in [3.8, 4) is 12.1 Å². The molecule has 2 atom stereocenters. The van der Waals surface area contributed by atoms with Gasteiger partial charge >= 0.3 is 0 Å². The summed E-state index contributed by atoms with van der Waals surface area (Å²) in [6.45, 7) is -0.248. The Morgan fingerprint density at radius 2 is 1.83 bits per heavy atom. The summed E-state index contributed by atoms with van der Waals surface area (Å²) in [5.74, 6) is -0.684. The molecular formula is C23H22N4O2. The van der Waals surface area contributed by atoms with Crippen LogP contribution in [0.1, 0.15) is 29.0 Å². The van der Waals surface area contributed by atoms with Gasteiger partial charge in [0, 0.05) is 24.7 Å². The molecule has 0 fully saturated rings. The quantitative estimate of drug-likeness (QED) is 0.436. The molecule has 0 aliphatic heterocycles. The van der Waals surface area contributed by atoms with Gasteiger partial charge in [-0.1, -0.05) is 36.4 Å². The van der Waals surface area contributed by atoms with Crippen molar-refractivity contribution < 1.29 is 4.92 Å². The number of hydrogen-bond donors (Lipinski definition) is 0. The third kappa shape index (κ3) is 4.12. The van der Waals surface area contributed by atoms with Gasteiger partial charge in [0.1, 0.15) is 17.7 Å². The number of hydrogen-bond acceptors (Lipinski definition) is 5. The predicted octanol–water partition coefficient (Wildman–Crippen LogP) is 4.18. The Balaban J connectivity index is 2.14. The normalized spacial score (nSPS) is 16.1. The second-order valence-corrected chi connectivity index (χ2v) is 7.42. The number of nitrogens with zero attached hydrogens (tertiary/aromatic N) is 4. The molecule has 2 aromatic rings. The van der Waals surface area contributed by atoms with Crippen LogP contribution in [0.25, 0.3) is 5.57 Å². The van der Waals surface area contributed by atoms with E-state index in [2.05, 4.69) is 0 Å². The zero-order valence-electron chi connectivity index (χ0n) is 16.5. The topological polar surface area (TPSA) is 94.0 Å². The van der Waals surface area contributed by atoms with Gasteiger partial charge < -0.3 is 4.90 Å². The van der Waals surface area contributed by atoms with Gasteiger partial charge in [-0.05, 0) is 53.2 Å². The number of nitro groups is 1. The number of nitriles is 2. The van der Waals surface area contributed by atoms with Gasteiger partial charge in [0.2, 0.25) is 6.54 Å². The number of allylic oxidation sites excluding steroid dienone is 2. The molecule has 0 saturated carbocycles. The summed E-state index contributed by atoms with van der Waals surface area (Å²) in [5.41, 5.74) is 4.47. The standard InChI is InChI=1S/C23H22N4O2/c1-26(2)19-10-7-17(8-11-19)22(15-27(28)29)21-12-9-16-5-3-4-6-20(16)23(21)18(13-24)14-25/h3-8,10-11,21-22H,9,12,15H2,1-2H3/t21-,22-/m1/s1. The first-order valence-electron chi connectivity index (χ1n) is 9.48. The number of benzene rings is 2. The zero-order valence-corrected chi connectivity index (χ0v) is 16.5. The summed E-state index contributed by atoms with van der Waals surface area (Å²) >= 11 is 0. The van der Waals surface area contributed by atoms with Gasteiger partial charge in [0.15, 0.2) is 0 Å². The minimum absolute atomic E-state index is 0.0420. The Bertz CT molecular complexity index is 1010. The van der Waals surface area contributed by atoms with Crippen molar-refractivity contribution in [1.29, 1.82) is 10.5 Å². The lowest BCUT2D eigenvalue weighted by Gasteiger charge is -2.33. The Labute approximate surface area is 170 Å². The maximum atomic E-state index is 11.5. The van der Waals surface area contributed by atoms with Crippen LogP contribution < -0.4 is 4.90 Å². The van der Waals surface area contributed by atoms with E-state index in [0.717, 1.165) is 28.8 Å². The molecule has 146 valence electrons. The molecule has 0 unspecified atom stereocenters. The molecule has 2 aromatic carbocycles. The average Bonchev–Trinajstić information content (AvgIpc) is 2.73. The van der Waals surface area contributed by atoms with Gasteiger partial charge in [0.25, 0.3) is 0 Å². The minimum Gasteiger partial charge on any atom is -0.378 e. The first kappa shape index (κ1) is 20.1. The maximum Gasteiger partial charge on any atom is 0.211 e. The van der Waals surface area contributed by atoms with E-state index in [-0.39, 0.29) is 23.0 Å². The monoisotopic (exact) mass is 386 g/mol. The van der Waals surface area contributed by atoms with Crippen molar-refractivity contribution in [1.82, 2.24) is 0 Å². The van der Waals surface area contributed by atoms with Crippen molar-refractivity contribution in [3.05, 3.63) is 80.9 Å². The van der Waals surface area contributed by atoms with Crippen molar-refractivity contribution in [3.63, 3.8) is 0 Å². The summed E-state index contributed by atoms with van der Waals surface area (Å²) in [5, 5.41) is 30.7. The van der Waals surface area contributed by atoms with Gasteiger partial charge in [-0.15, -0.1) is 0 Å². The molecule has 0 amide bonds. The lowest BCUT2D eigenvalue weighted by atomic mass is 9.70. The van der Waals surface area contributed by atoms with Crippen molar-refractivity contribution >= 4 is 11.3 Å². The van der Waals surface area contributed by atoms with E-state index in [4.69, 9.17) is 0 Å². The molecule has 0 spiro atoms. The van der Waals surface area contributed by atoms with E-state index in [1.807, 2.05) is 79.7 Å². The Morgan fingerprint density at radius 1 is 1.17 bits per heavy atom. The van der Waals surface area contributed by atoms with Crippen LogP contribution in [0.3, 0.4) is 0 Å². The number of fused-ring (bicyclic) bond motifs is 1. The van der Waals surface area contributed by atoms with Crippen LogP contribution in [0.5, 0.6) is 0 Å². The minimum atomic E-state index is -0.415. The van der Waals surface area contributed by atoms with Gasteiger partial charge in [-0.2, -0.15) is 10.5 Å². The molecule has 29 heavy (non-hydrogen) atoms. The van der Waals surface area contributed by atoms with Crippen molar-refractivity contribution in [2.45, 2.75) is 18.8 Å². The van der Waals surface area contributed by atoms with Crippen molar-refractivity contribution in [2.75, 3.05) is 25.5 Å². The number of anilines is 1. The molecule has 0 aromatic heterocycles. The lowest BCUT2D eigenvalue weighted by molar-refractivity contribution is -0.484. The fourth-order valence-corrected chi connectivity index (χ4v) is 4.17. The summed E-state index contributed by atoms with van der Waals surface area (Å²) in [4.78, 5) is 13.2. The van der Waals surface area contributed by atoms with Crippen LogP contribution in [-0.4, -0.2) is 25.6 Å². The summed E-state index contributed by atoms with van der Waals surface area (Å²) in [6, 6.07) is 19.5. The van der Waals surface area contributed by atoms with E-state index >= 15 is 0 Å². The van der Waals surface area contributed by atoms with Crippen LogP contribution in [0.4, 0.5) is 5.69 Å². The van der Waals surface area contributed by atoms with E-state index in [9.17, 15) is 20.6 Å². The number of rotatable bonds is 5. The molecule has 3 rings (SSSR count). The molecule has 0 radical (unpaired) electrons. The van der Waals surface area contributed by atoms with Crippen LogP contribution in [0.2, 0.25) is 0 Å². The van der Waals surface area contributed by atoms with Gasteiger partial charge in [-0.25, -0.2) is 0 Å². The van der Waals surface area contributed by atoms with Crippen molar-refractivity contribution in [2.24, 2.45) is 5.92 Å². The van der Waals surface area contributed by atoms with Gasteiger partial charge in [-0.3, -0.25) is 10.1 Å². The maximum absolute atomic E-state index is 11.5. The Morgan fingerprint density at radius 3 is 2.41 bits per heavy atom. The molecule has 0 heterocycles. The van der Waals surface area contributed by atoms with E-state index in [1.54, 1.807) is 0 Å². The van der Waals surface area contributed by atoms with Crippen LogP contribution >= 0.6 is 0 Å². The second-order valence-electron chi connectivity index (χ2n) is 7.42. The Kier molecular flexibility index (Phi) is 5.95. The van der Waals surface area contributed by atoms with E-state index in [1.165, 1.54) is 0 Å². The highest BCUT2D eigenvalue weighted by Gasteiger charge is 2.36. The fourth-order valence-electron chi connectivity index (χ4n) is 4.17. The number of aryl methyl sites for hydroxylation is 1. The van der Waals surface area contributed by atoms with Gasteiger partial charge in [0.05, 0.1) is 5.92 Å². The zero-order chi connectivity index (χ0) is 21.0. The van der Waals surface area contributed by atoms with Crippen LogP contribution in [0, 0.1) is 38.7 Å². The molecule has 0 N–H and O–H groups in total. The summed E-state index contributed by atoms with van der Waals surface area (Å²) in [7, 11) is 3.88. The largest absolute Gasteiger partial charge is 0.378 e. The second kappa shape index (κ2) is 8.58. The van der Waals surface area contributed by atoms with E-state index in [0.29, 0.717) is 12.0 Å². The molecule has 6 nitrogen and oxygen atoms in total. The average molecular weight is 386 g/mol. The summed E-state index contributed by atoms with van der Waals surface area (Å²) < 4.78 is 0. The molecule has 1 aliphatic carbocycles. The first-order valence-corrected chi connectivity index (χ1v) is 9.48. The van der Waals surface area contributed by atoms with E-state index < -0.39 is 5.92 Å². The fraction of sp³-hybridized carbons (Fsp3) is 0.304. The molecule has 1 aliphatic rings. The molecular weight excluding hydrogens is 364 g/mol. The SMILES string of the molecule is CN(C)c1ccc([C@@H](C[N+](=O)[O-])[C@H]2CCc3ccccc3C2=C(C#N)C#N)cc1.